The summed E-state index contributed by atoms with van der Waals surface area (Å²) in [5.74, 6) is 0. The van der Waals surface area contributed by atoms with E-state index in [2.05, 4.69) is 77.3 Å². The van der Waals surface area contributed by atoms with Crippen LogP contribution in [0.2, 0.25) is 5.02 Å². The summed E-state index contributed by atoms with van der Waals surface area (Å²) in [7, 11) is 0. The first-order valence-corrected chi connectivity index (χ1v) is 8.88. The van der Waals surface area contributed by atoms with Gasteiger partial charge < -0.3 is 5.32 Å². The van der Waals surface area contributed by atoms with E-state index in [1.807, 2.05) is 6.07 Å². The summed E-state index contributed by atoms with van der Waals surface area (Å²) in [6, 6.07) is 17.2. The maximum atomic E-state index is 6.18. The summed E-state index contributed by atoms with van der Waals surface area (Å²) in [6.45, 7) is 3.23. The number of aryl methyl sites for hydroxylation is 1. The van der Waals surface area contributed by atoms with Crippen molar-refractivity contribution in [3.8, 4) is 0 Å². The van der Waals surface area contributed by atoms with Crippen molar-refractivity contribution >= 4 is 34.2 Å². The highest BCUT2D eigenvalue weighted by Gasteiger charge is 2.14. The Labute approximate surface area is 146 Å². The highest BCUT2D eigenvalue weighted by Crippen LogP contribution is 2.27. The molecule has 21 heavy (non-hydrogen) atoms. The van der Waals surface area contributed by atoms with Gasteiger partial charge in [0.15, 0.2) is 0 Å². The smallest absolute Gasteiger partial charge is 0.0410 e. The molecular formula is C18H21ClIN. The quantitative estimate of drug-likeness (QED) is 0.581. The maximum Gasteiger partial charge on any atom is 0.0410 e. The fourth-order valence-electron chi connectivity index (χ4n) is 2.42. The number of benzene rings is 2. The van der Waals surface area contributed by atoms with Crippen molar-refractivity contribution in [3.63, 3.8) is 0 Å². The second kappa shape index (κ2) is 8.76. The van der Waals surface area contributed by atoms with Gasteiger partial charge in [0.1, 0.15) is 0 Å². The van der Waals surface area contributed by atoms with Crippen LogP contribution < -0.4 is 5.32 Å². The molecule has 0 aromatic heterocycles. The van der Waals surface area contributed by atoms with E-state index in [1.165, 1.54) is 14.7 Å². The highest BCUT2D eigenvalue weighted by molar-refractivity contribution is 14.1. The van der Waals surface area contributed by atoms with E-state index in [4.69, 9.17) is 11.6 Å². The van der Waals surface area contributed by atoms with Gasteiger partial charge >= 0.3 is 0 Å². The molecule has 0 radical (unpaired) electrons. The summed E-state index contributed by atoms with van der Waals surface area (Å²) < 4.78 is 1.28. The van der Waals surface area contributed by atoms with E-state index in [1.54, 1.807) is 0 Å². The SMILES string of the molecule is CCCNC(CCc1ccccc1)c1cc(Cl)ccc1I. The molecule has 2 rings (SSSR count). The van der Waals surface area contributed by atoms with Crippen LogP contribution in [0.4, 0.5) is 0 Å². The summed E-state index contributed by atoms with van der Waals surface area (Å²) in [6.07, 6.45) is 3.30. The summed E-state index contributed by atoms with van der Waals surface area (Å²) in [5.41, 5.74) is 2.70. The fourth-order valence-corrected chi connectivity index (χ4v) is 3.32. The maximum absolute atomic E-state index is 6.18. The molecule has 0 aliphatic heterocycles. The molecule has 0 saturated heterocycles. The minimum Gasteiger partial charge on any atom is -0.310 e. The van der Waals surface area contributed by atoms with Gasteiger partial charge in [-0.1, -0.05) is 48.9 Å². The molecule has 0 saturated carbocycles. The molecule has 2 aromatic rings. The van der Waals surface area contributed by atoms with Crippen LogP contribution >= 0.6 is 34.2 Å². The van der Waals surface area contributed by atoms with Crippen molar-refractivity contribution in [1.82, 2.24) is 5.32 Å². The van der Waals surface area contributed by atoms with Crippen molar-refractivity contribution < 1.29 is 0 Å². The van der Waals surface area contributed by atoms with Crippen LogP contribution in [0.15, 0.2) is 48.5 Å². The van der Waals surface area contributed by atoms with Crippen molar-refractivity contribution in [2.45, 2.75) is 32.2 Å². The fraction of sp³-hybridized carbons (Fsp3) is 0.333. The molecule has 0 bridgehead atoms. The van der Waals surface area contributed by atoms with Crippen LogP contribution in [0.25, 0.3) is 0 Å². The molecule has 1 N–H and O–H groups in total. The Morgan fingerprint density at radius 1 is 1.14 bits per heavy atom. The van der Waals surface area contributed by atoms with Crippen molar-refractivity contribution in [2.24, 2.45) is 0 Å². The third-order valence-corrected chi connectivity index (χ3v) is 4.76. The molecule has 0 aliphatic rings. The first-order chi connectivity index (χ1) is 10.2. The Hall–Kier alpha value is -0.580. The molecule has 3 heteroatoms. The van der Waals surface area contributed by atoms with E-state index in [0.29, 0.717) is 6.04 Å². The normalized spacial score (nSPS) is 12.3. The van der Waals surface area contributed by atoms with Crippen molar-refractivity contribution in [3.05, 3.63) is 68.3 Å². The van der Waals surface area contributed by atoms with E-state index in [0.717, 1.165) is 30.8 Å². The summed E-state index contributed by atoms with van der Waals surface area (Å²) >= 11 is 8.58. The molecule has 1 atom stereocenters. The van der Waals surface area contributed by atoms with Gasteiger partial charge in [0, 0.05) is 14.6 Å². The minimum atomic E-state index is 0.357. The highest BCUT2D eigenvalue weighted by atomic mass is 127. The zero-order valence-corrected chi connectivity index (χ0v) is 15.2. The lowest BCUT2D eigenvalue weighted by Gasteiger charge is -2.21. The third kappa shape index (κ3) is 5.28. The van der Waals surface area contributed by atoms with Crippen molar-refractivity contribution in [2.75, 3.05) is 6.54 Å². The lowest BCUT2D eigenvalue weighted by molar-refractivity contribution is 0.497. The summed E-state index contributed by atoms with van der Waals surface area (Å²) in [4.78, 5) is 0. The zero-order valence-electron chi connectivity index (χ0n) is 12.3. The van der Waals surface area contributed by atoms with Crippen LogP contribution in [0.1, 0.15) is 36.9 Å². The number of rotatable bonds is 7. The van der Waals surface area contributed by atoms with Crippen LogP contribution in [-0.2, 0) is 6.42 Å². The Balaban J connectivity index is 2.12. The predicted molar refractivity (Wildman–Crippen MR) is 100.0 cm³/mol. The molecule has 0 amide bonds. The van der Waals surface area contributed by atoms with Crippen molar-refractivity contribution in [1.29, 1.82) is 0 Å². The monoisotopic (exact) mass is 413 g/mol. The molecule has 0 heterocycles. The largest absolute Gasteiger partial charge is 0.310 e. The van der Waals surface area contributed by atoms with E-state index >= 15 is 0 Å². The average molecular weight is 414 g/mol. The van der Waals surface area contributed by atoms with Gasteiger partial charge in [0.25, 0.3) is 0 Å². The Kier molecular flexibility index (Phi) is 7.00. The van der Waals surface area contributed by atoms with Crippen LogP contribution in [-0.4, -0.2) is 6.54 Å². The first kappa shape index (κ1) is 16.8. The van der Waals surface area contributed by atoms with Gasteiger partial charge in [-0.15, -0.1) is 0 Å². The molecule has 0 spiro atoms. The molecule has 1 nitrogen and oxygen atoms in total. The Morgan fingerprint density at radius 3 is 2.62 bits per heavy atom. The van der Waals surface area contributed by atoms with Gasteiger partial charge in [-0.2, -0.15) is 0 Å². The van der Waals surface area contributed by atoms with Crippen LogP contribution in [0, 0.1) is 3.57 Å². The predicted octanol–water partition coefficient (Wildman–Crippen LogP) is 5.62. The molecular weight excluding hydrogens is 393 g/mol. The number of hydrogen-bond acceptors (Lipinski definition) is 1. The van der Waals surface area contributed by atoms with E-state index in [9.17, 15) is 0 Å². The molecule has 1 unspecified atom stereocenters. The number of halogens is 2. The molecule has 0 fully saturated rings. The van der Waals surface area contributed by atoms with Gasteiger partial charge in [0.2, 0.25) is 0 Å². The Bertz CT molecular complexity index is 556. The standard InChI is InChI=1S/C18H21ClIN/c1-2-12-21-18(11-8-14-6-4-3-5-7-14)16-13-15(19)9-10-17(16)20/h3-7,9-10,13,18,21H,2,8,11-12H2,1H3. The molecule has 2 aromatic carbocycles. The lowest BCUT2D eigenvalue weighted by Crippen LogP contribution is -2.23. The van der Waals surface area contributed by atoms with E-state index < -0.39 is 0 Å². The van der Waals surface area contributed by atoms with Gasteiger partial charge in [-0.3, -0.25) is 0 Å². The first-order valence-electron chi connectivity index (χ1n) is 7.43. The van der Waals surface area contributed by atoms with Gasteiger partial charge in [-0.05, 0) is 77.7 Å². The summed E-state index contributed by atoms with van der Waals surface area (Å²) in [5, 5.41) is 4.47. The topological polar surface area (TPSA) is 12.0 Å². The average Bonchev–Trinajstić information content (AvgIpc) is 2.51. The zero-order chi connectivity index (χ0) is 15.1. The van der Waals surface area contributed by atoms with Crippen LogP contribution in [0.3, 0.4) is 0 Å². The second-order valence-corrected chi connectivity index (χ2v) is 6.80. The van der Waals surface area contributed by atoms with Gasteiger partial charge in [-0.25, -0.2) is 0 Å². The van der Waals surface area contributed by atoms with Crippen LogP contribution in [0.5, 0.6) is 0 Å². The Morgan fingerprint density at radius 2 is 1.90 bits per heavy atom. The number of nitrogens with one attached hydrogen (secondary N) is 1. The second-order valence-electron chi connectivity index (χ2n) is 5.20. The number of hydrogen-bond donors (Lipinski definition) is 1. The van der Waals surface area contributed by atoms with Gasteiger partial charge in [0.05, 0.1) is 0 Å². The lowest BCUT2D eigenvalue weighted by atomic mass is 9.99. The minimum absolute atomic E-state index is 0.357. The third-order valence-electron chi connectivity index (χ3n) is 3.54. The molecule has 112 valence electrons. The molecule has 0 aliphatic carbocycles. The van der Waals surface area contributed by atoms with E-state index in [-0.39, 0.29) is 0 Å².